The van der Waals surface area contributed by atoms with Crippen molar-refractivity contribution in [1.82, 2.24) is 14.9 Å². The Kier molecular flexibility index (Phi) is 4.72. The van der Waals surface area contributed by atoms with E-state index in [-0.39, 0.29) is 12.7 Å². The molecule has 1 N–H and O–H groups in total. The number of aromatic nitrogens is 2. The first-order chi connectivity index (χ1) is 13.1. The Labute approximate surface area is 160 Å². The predicted octanol–water partition coefficient (Wildman–Crippen LogP) is 3.09. The molecule has 4 rings (SSSR count). The van der Waals surface area contributed by atoms with E-state index in [4.69, 9.17) is 14.2 Å². The minimum atomic E-state index is -0.125. The summed E-state index contributed by atoms with van der Waals surface area (Å²) in [6, 6.07) is 7.29. The quantitative estimate of drug-likeness (QED) is 0.660. The van der Waals surface area contributed by atoms with Crippen LogP contribution in [-0.2, 0) is 0 Å². The van der Waals surface area contributed by atoms with E-state index in [1.807, 2.05) is 42.0 Å². The smallest absolute Gasteiger partial charge is 0.253 e. The van der Waals surface area contributed by atoms with Crippen molar-refractivity contribution in [2.75, 3.05) is 19.9 Å². The van der Waals surface area contributed by atoms with Crippen molar-refractivity contribution in [3.8, 4) is 22.4 Å². The van der Waals surface area contributed by atoms with Gasteiger partial charge in [0.15, 0.2) is 16.6 Å². The number of fused-ring (bicyclic) bond motifs is 1. The maximum absolute atomic E-state index is 12.5. The fraction of sp³-hybridized carbons (Fsp3) is 0.263. The lowest BCUT2D eigenvalue weighted by Gasteiger charge is -2.09. The Balaban J connectivity index is 1.34. The summed E-state index contributed by atoms with van der Waals surface area (Å²) in [4.78, 5) is 16.9. The normalized spacial score (nSPS) is 12.2. The van der Waals surface area contributed by atoms with Gasteiger partial charge in [-0.2, -0.15) is 0 Å². The summed E-state index contributed by atoms with van der Waals surface area (Å²) in [6.45, 7) is 4.87. The van der Waals surface area contributed by atoms with Crippen LogP contribution in [0, 0.1) is 13.8 Å². The van der Waals surface area contributed by atoms with Gasteiger partial charge in [0.1, 0.15) is 12.4 Å². The van der Waals surface area contributed by atoms with Gasteiger partial charge in [-0.3, -0.25) is 9.36 Å². The van der Waals surface area contributed by atoms with E-state index in [1.54, 1.807) is 12.3 Å². The van der Waals surface area contributed by atoms with Crippen LogP contribution in [0.1, 0.15) is 21.7 Å². The summed E-state index contributed by atoms with van der Waals surface area (Å²) in [5, 5.41) is 5.67. The summed E-state index contributed by atoms with van der Waals surface area (Å²) in [6.07, 6.45) is 1.76. The van der Waals surface area contributed by atoms with Crippen molar-refractivity contribution in [1.29, 1.82) is 0 Å². The van der Waals surface area contributed by atoms with Gasteiger partial charge in [0.2, 0.25) is 6.79 Å². The molecule has 0 fully saturated rings. The van der Waals surface area contributed by atoms with Crippen molar-refractivity contribution in [3.05, 3.63) is 52.8 Å². The number of ether oxygens (including phenoxy) is 3. The van der Waals surface area contributed by atoms with Crippen molar-refractivity contribution in [3.63, 3.8) is 0 Å². The molecule has 0 atom stereocenters. The van der Waals surface area contributed by atoms with Crippen molar-refractivity contribution < 1.29 is 19.0 Å². The number of hydrogen-bond acceptors (Lipinski definition) is 6. The van der Waals surface area contributed by atoms with Gasteiger partial charge in [-0.15, -0.1) is 11.3 Å². The third kappa shape index (κ3) is 3.48. The van der Waals surface area contributed by atoms with E-state index in [9.17, 15) is 4.79 Å². The summed E-state index contributed by atoms with van der Waals surface area (Å²) in [5.41, 5.74) is 2.49. The van der Waals surface area contributed by atoms with Crippen molar-refractivity contribution in [2.45, 2.75) is 13.8 Å². The van der Waals surface area contributed by atoms with E-state index in [0.717, 1.165) is 16.5 Å². The van der Waals surface area contributed by atoms with Gasteiger partial charge >= 0.3 is 0 Å². The molecule has 0 saturated carbocycles. The Morgan fingerprint density at radius 1 is 1.30 bits per heavy atom. The molecule has 2 aromatic heterocycles. The fourth-order valence-corrected chi connectivity index (χ4v) is 3.76. The molecule has 0 aliphatic carbocycles. The monoisotopic (exact) mass is 385 g/mol. The van der Waals surface area contributed by atoms with Crippen LogP contribution in [0.25, 0.3) is 5.13 Å². The van der Waals surface area contributed by atoms with Crippen molar-refractivity contribution in [2.24, 2.45) is 0 Å². The Morgan fingerprint density at radius 2 is 2.15 bits per heavy atom. The number of rotatable bonds is 6. The van der Waals surface area contributed by atoms with E-state index < -0.39 is 0 Å². The van der Waals surface area contributed by atoms with E-state index in [1.165, 1.54) is 11.3 Å². The van der Waals surface area contributed by atoms with Gasteiger partial charge in [0, 0.05) is 29.0 Å². The Hall–Kier alpha value is -3.00. The number of benzene rings is 1. The highest BCUT2D eigenvalue weighted by Gasteiger charge is 2.17. The van der Waals surface area contributed by atoms with E-state index in [0.29, 0.717) is 36.0 Å². The molecule has 27 heavy (non-hydrogen) atoms. The SMILES string of the molecule is Cc1cc(C(=O)NCCOc2ccc3c(c2)OCO3)c(C)n1-c1nccs1. The van der Waals surface area contributed by atoms with Gasteiger partial charge in [0.05, 0.1) is 12.1 Å². The lowest BCUT2D eigenvalue weighted by atomic mass is 10.2. The lowest BCUT2D eigenvalue weighted by molar-refractivity contribution is 0.0946. The molecular formula is C19H19N3O4S. The van der Waals surface area contributed by atoms with E-state index >= 15 is 0 Å². The minimum absolute atomic E-state index is 0.125. The van der Waals surface area contributed by atoms with Crippen LogP contribution in [0.5, 0.6) is 17.2 Å². The molecule has 1 amide bonds. The maximum atomic E-state index is 12.5. The largest absolute Gasteiger partial charge is 0.492 e. The number of aryl methyl sites for hydroxylation is 1. The standard InChI is InChI=1S/C19H19N3O4S/c1-12-9-15(13(2)22(12)19-21-6-8-27-19)18(23)20-5-7-24-14-3-4-16-17(10-14)26-11-25-16/h3-4,6,8-10H,5,7,11H2,1-2H3,(H,20,23). The third-order valence-corrected chi connectivity index (χ3v) is 5.04. The second-order valence-electron chi connectivity index (χ2n) is 6.05. The fourth-order valence-electron chi connectivity index (χ4n) is 3.01. The first kappa shape index (κ1) is 17.4. The van der Waals surface area contributed by atoms with Gasteiger partial charge in [-0.1, -0.05) is 0 Å². The molecular weight excluding hydrogens is 366 g/mol. The number of amides is 1. The lowest BCUT2D eigenvalue weighted by Crippen LogP contribution is -2.28. The zero-order valence-corrected chi connectivity index (χ0v) is 15.8. The predicted molar refractivity (Wildman–Crippen MR) is 101 cm³/mol. The van der Waals surface area contributed by atoms with E-state index in [2.05, 4.69) is 10.3 Å². The Bertz CT molecular complexity index is 966. The number of thiazole rings is 1. The molecule has 7 nitrogen and oxygen atoms in total. The highest BCUT2D eigenvalue weighted by Crippen LogP contribution is 2.35. The molecule has 3 heterocycles. The van der Waals surface area contributed by atoms with Crippen LogP contribution >= 0.6 is 11.3 Å². The summed E-state index contributed by atoms with van der Waals surface area (Å²) in [5.74, 6) is 1.94. The van der Waals surface area contributed by atoms with Crippen molar-refractivity contribution >= 4 is 17.2 Å². The van der Waals surface area contributed by atoms with Gasteiger partial charge in [-0.25, -0.2) is 4.98 Å². The number of carbonyl (C=O) groups is 1. The maximum Gasteiger partial charge on any atom is 0.253 e. The topological polar surface area (TPSA) is 74.6 Å². The second kappa shape index (κ2) is 7.32. The molecule has 0 bridgehead atoms. The zero-order valence-electron chi connectivity index (χ0n) is 15.0. The second-order valence-corrected chi connectivity index (χ2v) is 6.93. The van der Waals surface area contributed by atoms with Crippen LogP contribution in [0.2, 0.25) is 0 Å². The molecule has 1 aliphatic heterocycles. The zero-order chi connectivity index (χ0) is 18.8. The number of nitrogens with one attached hydrogen (secondary N) is 1. The first-order valence-corrected chi connectivity index (χ1v) is 9.41. The van der Waals surface area contributed by atoms with Crippen LogP contribution < -0.4 is 19.5 Å². The average Bonchev–Trinajstić information content (AvgIpc) is 3.38. The van der Waals surface area contributed by atoms with Crippen LogP contribution in [0.15, 0.2) is 35.8 Å². The van der Waals surface area contributed by atoms with Crippen LogP contribution in [-0.4, -0.2) is 35.4 Å². The molecule has 0 saturated heterocycles. The van der Waals surface area contributed by atoms with Gasteiger partial charge < -0.3 is 19.5 Å². The number of carbonyl (C=O) groups excluding carboxylic acids is 1. The molecule has 0 unspecified atom stereocenters. The molecule has 0 spiro atoms. The minimum Gasteiger partial charge on any atom is -0.492 e. The molecule has 8 heteroatoms. The highest BCUT2D eigenvalue weighted by molar-refractivity contribution is 7.12. The molecule has 140 valence electrons. The summed E-state index contributed by atoms with van der Waals surface area (Å²) >= 11 is 1.54. The van der Waals surface area contributed by atoms with Crippen LogP contribution in [0.3, 0.4) is 0 Å². The molecule has 3 aromatic rings. The van der Waals surface area contributed by atoms with Gasteiger partial charge in [-0.05, 0) is 32.0 Å². The first-order valence-electron chi connectivity index (χ1n) is 8.53. The number of nitrogens with zero attached hydrogens (tertiary/aromatic N) is 2. The third-order valence-electron chi connectivity index (χ3n) is 4.29. The molecule has 0 radical (unpaired) electrons. The molecule has 1 aliphatic rings. The molecule has 1 aromatic carbocycles. The number of hydrogen-bond donors (Lipinski definition) is 1. The average molecular weight is 385 g/mol. The highest BCUT2D eigenvalue weighted by atomic mass is 32.1. The van der Waals surface area contributed by atoms with Crippen LogP contribution in [0.4, 0.5) is 0 Å². The summed E-state index contributed by atoms with van der Waals surface area (Å²) in [7, 11) is 0. The van der Waals surface area contributed by atoms with Gasteiger partial charge in [0.25, 0.3) is 5.91 Å². The summed E-state index contributed by atoms with van der Waals surface area (Å²) < 4.78 is 18.2. The Morgan fingerprint density at radius 3 is 2.96 bits per heavy atom.